The van der Waals surface area contributed by atoms with Gasteiger partial charge in [-0.05, 0) is 41.5 Å². The SMILES string of the molecule is COc1cc(C2OCC3C(c4cc(OC)c(OC(CO)Cc5ccc(OC)c(OC6OC(CO)C(O)C(O)C6O)c5OC)c(OC)c4)OCC23)ccc1OC1OC(CO)C(O)C(O)C1O. The molecule has 3 aromatic carbocycles. The van der Waals surface area contributed by atoms with E-state index < -0.39 is 99.5 Å². The highest BCUT2D eigenvalue weighted by atomic mass is 16.7. The summed E-state index contributed by atoms with van der Waals surface area (Å²) in [6, 6.07) is 12.0. The maximum absolute atomic E-state index is 10.7. The van der Waals surface area contributed by atoms with Crippen molar-refractivity contribution in [3.05, 3.63) is 59.2 Å². The van der Waals surface area contributed by atoms with E-state index in [-0.39, 0.29) is 47.0 Å². The molecule has 4 fully saturated rings. The maximum atomic E-state index is 10.7. The number of aliphatic hydroxyl groups is 9. The van der Waals surface area contributed by atoms with Crippen LogP contribution in [-0.4, -0.2) is 182 Å². The third-order valence-corrected chi connectivity index (χ3v) is 12.3. The summed E-state index contributed by atoms with van der Waals surface area (Å²) in [4.78, 5) is 0. The van der Waals surface area contributed by atoms with E-state index in [0.717, 1.165) is 11.1 Å². The fraction of sp³-hybridized carbons (Fsp3) is 0.591. The van der Waals surface area contributed by atoms with Gasteiger partial charge in [0, 0.05) is 23.8 Å². The van der Waals surface area contributed by atoms with Crippen LogP contribution in [0.2, 0.25) is 0 Å². The lowest BCUT2D eigenvalue weighted by Gasteiger charge is -2.39. The molecule has 0 radical (unpaired) electrons. The summed E-state index contributed by atoms with van der Waals surface area (Å²) in [5, 5.41) is 92.0. The van der Waals surface area contributed by atoms with Crippen molar-refractivity contribution in [2.24, 2.45) is 11.8 Å². The predicted molar refractivity (Wildman–Crippen MR) is 220 cm³/mol. The third-order valence-electron chi connectivity index (χ3n) is 12.3. The smallest absolute Gasteiger partial charge is 0.229 e. The molecule has 0 amide bonds. The lowest BCUT2D eigenvalue weighted by molar-refractivity contribution is -0.277. The van der Waals surface area contributed by atoms with Gasteiger partial charge >= 0.3 is 0 Å². The van der Waals surface area contributed by atoms with Crippen LogP contribution in [0.5, 0.6) is 46.0 Å². The highest BCUT2D eigenvalue weighted by Crippen LogP contribution is 2.53. The second-order valence-corrected chi connectivity index (χ2v) is 16.0. The van der Waals surface area contributed by atoms with Gasteiger partial charge in [0.15, 0.2) is 34.5 Å². The first kappa shape index (κ1) is 48.5. The lowest BCUT2D eigenvalue weighted by Crippen LogP contribution is -2.60. The Kier molecular flexibility index (Phi) is 15.7. The Labute approximate surface area is 374 Å². The molecular weight excluding hydrogens is 864 g/mol. The fourth-order valence-electron chi connectivity index (χ4n) is 8.74. The molecule has 15 unspecified atom stereocenters. The number of hydrogen-bond donors (Lipinski definition) is 9. The van der Waals surface area contributed by atoms with Crippen LogP contribution >= 0.6 is 0 Å². The standard InChI is InChI=1S/C44H58O21/c1-54-26-9-7-19(40(58-5)42(26)65-44-37(53)35(51)33(49)31(16-47)64-44)10-22(14-45)61-41-28(56-3)12-21(13-29(41)57-4)39-24-18-59-38(23(24)17-60-39)20-6-8-25(27(11-20)55-2)62-43-36(52)34(50)32(48)30(15-46)63-43/h6-9,11-13,22-24,30-39,43-53H,10,14-18H2,1-5H3. The molecule has 0 saturated carbocycles. The van der Waals surface area contributed by atoms with Crippen LogP contribution < -0.4 is 37.9 Å². The zero-order chi connectivity index (χ0) is 46.7. The molecule has 0 spiro atoms. The molecule has 4 saturated heterocycles. The van der Waals surface area contributed by atoms with Crippen molar-refractivity contribution in [1.29, 1.82) is 0 Å². The average Bonchev–Trinajstić information content (AvgIpc) is 3.94. The number of aliphatic hydroxyl groups excluding tert-OH is 9. The van der Waals surface area contributed by atoms with E-state index in [1.165, 1.54) is 35.5 Å². The van der Waals surface area contributed by atoms with E-state index in [1.54, 1.807) is 42.5 Å². The normalized spacial score (nSPS) is 32.6. The van der Waals surface area contributed by atoms with Crippen molar-refractivity contribution in [3.8, 4) is 46.0 Å². The van der Waals surface area contributed by atoms with Crippen molar-refractivity contribution in [1.82, 2.24) is 0 Å². The number of rotatable bonds is 18. The van der Waals surface area contributed by atoms with Crippen LogP contribution in [0.4, 0.5) is 0 Å². The number of methoxy groups -OCH3 is 5. The first-order valence-electron chi connectivity index (χ1n) is 21.0. The number of benzene rings is 3. The van der Waals surface area contributed by atoms with Crippen molar-refractivity contribution in [2.45, 2.75) is 86.1 Å². The number of hydrogen-bond acceptors (Lipinski definition) is 21. The molecule has 21 nitrogen and oxygen atoms in total. The first-order valence-corrected chi connectivity index (χ1v) is 21.0. The van der Waals surface area contributed by atoms with Crippen LogP contribution in [0.3, 0.4) is 0 Å². The molecule has 0 aliphatic carbocycles. The molecular formula is C44H58O21. The van der Waals surface area contributed by atoms with Gasteiger partial charge in [0.1, 0.15) is 54.9 Å². The Morgan fingerprint density at radius 3 is 1.54 bits per heavy atom. The minimum atomic E-state index is -1.70. The quantitative estimate of drug-likeness (QED) is 0.0751. The Balaban J connectivity index is 1.07. The minimum absolute atomic E-state index is 0.0157. The molecule has 65 heavy (non-hydrogen) atoms. The van der Waals surface area contributed by atoms with Gasteiger partial charge in [0.25, 0.3) is 0 Å². The Morgan fingerprint density at radius 1 is 0.523 bits per heavy atom. The summed E-state index contributed by atoms with van der Waals surface area (Å²) in [6.07, 6.45) is -16.7. The van der Waals surface area contributed by atoms with Crippen LogP contribution in [0.25, 0.3) is 0 Å². The number of fused-ring (bicyclic) bond motifs is 1. The van der Waals surface area contributed by atoms with Gasteiger partial charge < -0.3 is 103 Å². The van der Waals surface area contributed by atoms with Gasteiger partial charge in [-0.2, -0.15) is 0 Å². The zero-order valence-corrected chi connectivity index (χ0v) is 36.4. The molecule has 7 rings (SSSR count). The molecule has 15 atom stereocenters. The molecule has 4 aliphatic heterocycles. The molecule has 4 heterocycles. The fourth-order valence-corrected chi connectivity index (χ4v) is 8.74. The summed E-state index contributed by atoms with van der Waals surface area (Å²) >= 11 is 0. The molecule has 21 heteroatoms. The van der Waals surface area contributed by atoms with Crippen molar-refractivity contribution < 1.29 is 103 Å². The first-order chi connectivity index (χ1) is 31.3. The van der Waals surface area contributed by atoms with Crippen LogP contribution in [0, 0.1) is 11.8 Å². The number of ether oxygens (including phenoxy) is 12. The average molecular weight is 923 g/mol. The summed E-state index contributed by atoms with van der Waals surface area (Å²) in [5.41, 5.74) is 1.99. The highest BCUT2D eigenvalue weighted by Gasteiger charge is 2.50. The summed E-state index contributed by atoms with van der Waals surface area (Å²) < 4.78 is 70.5. The van der Waals surface area contributed by atoms with Crippen LogP contribution in [0.1, 0.15) is 28.9 Å². The zero-order valence-electron chi connectivity index (χ0n) is 36.4. The van der Waals surface area contributed by atoms with E-state index in [1.807, 2.05) is 0 Å². The molecule has 4 aliphatic rings. The van der Waals surface area contributed by atoms with E-state index in [0.29, 0.717) is 36.0 Å². The molecule has 3 aromatic rings. The summed E-state index contributed by atoms with van der Waals surface area (Å²) in [6.45, 7) is -1.02. The van der Waals surface area contributed by atoms with Gasteiger partial charge in [0.2, 0.25) is 24.1 Å². The van der Waals surface area contributed by atoms with Gasteiger partial charge in [-0.25, -0.2) is 0 Å². The second kappa shape index (κ2) is 21.0. The van der Waals surface area contributed by atoms with Gasteiger partial charge in [-0.1, -0.05) is 12.1 Å². The Morgan fingerprint density at radius 2 is 1.03 bits per heavy atom. The predicted octanol–water partition coefficient (Wildman–Crippen LogP) is -0.855. The van der Waals surface area contributed by atoms with E-state index in [9.17, 15) is 46.0 Å². The topological polar surface area (TPSA) is 293 Å². The third kappa shape index (κ3) is 9.57. The largest absolute Gasteiger partial charge is 0.493 e. The molecule has 360 valence electrons. The second-order valence-electron chi connectivity index (χ2n) is 16.0. The van der Waals surface area contributed by atoms with E-state index in [2.05, 4.69) is 0 Å². The monoisotopic (exact) mass is 922 g/mol. The van der Waals surface area contributed by atoms with Crippen molar-refractivity contribution >= 4 is 0 Å². The van der Waals surface area contributed by atoms with E-state index in [4.69, 9.17) is 56.8 Å². The summed E-state index contributed by atoms with van der Waals surface area (Å²) in [7, 11) is 7.16. The maximum Gasteiger partial charge on any atom is 0.229 e. The van der Waals surface area contributed by atoms with E-state index >= 15 is 0 Å². The molecule has 0 bridgehead atoms. The van der Waals surface area contributed by atoms with Crippen LogP contribution in [0.15, 0.2) is 42.5 Å². The van der Waals surface area contributed by atoms with Gasteiger partial charge in [0.05, 0.1) is 80.8 Å². The highest BCUT2D eigenvalue weighted by molar-refractivity contribution is 5.57. The molecule has 9 N–H and O–H groups in total. The Bertz CT molecular complexity index is 2020. The minimum Gasteiger partial charge on any atom is -0.493 e. The molecule has 0 aromatic heterocycles. The van der Waals surface area contributed by atoms with Gasteiger partial charge in [-0.3, -0.25) is 0 Å². The van der Waals surface area contributed by atoms with Crippen LogP contribution in [-0.2, 0) is 25.4 Å². The van der Waals surface area contributed by atoms with Crippen molar-refractivity contribution in [2.75, 3.05) is 68.6 Å². The van der Waals surface area contributed by atoms with Crippen molar-refractivity contribution in [3.63, 3.8) is 0 Å². The lowest BCUT2D eigenvalue weighted by atomic mass is 9.84. The summed E-state index contributed by atoms with van der Waals surface area (Å²) in [5.74, 6) is 1.41. The van der Waals surface area contributed by atoms with Gasteiger partial charge in [-0.15, -0.1) is 0 Å². The Hall–Kier alpha value is -4.46.